The summed E-state index contributed by atoms with van der Waals surface area (Å²) in [4.78, 5) is 23.2. The molecule has 0 aromatic rings. The normalized spacial score (nSPS) is 29.4. The SMILES string of the molecule is CCCC1CC(C(C)=O)(C(=O)OCC)C1. The molecule has 1 aliphatic carbocycles. The first kappa shape index (κ1) is 12.2. The maximum Gasteiger partial charge on any atom is 0.319 e. The standard InChI is InChI=1S/C12H20O3/c1-4-6-10-7-12(8-10,9(3)13)11(14)15-5-2/h10H,4-8H2,1-3H3. The summed E-state index contributed by atoms with van der Waals surface area (Å²) >= 11 is 0. The predicted octanol–water partition coefficient (Wildman–Crippen LogP) is 2.33. The summed E-state index contributed by atoms with van der Waals surface area (Å²) < 4.78 is 4.98. The van der Waals surface area contributed by atoms with Crippen molar-refractivity contribution in [1.29, 1.82) is 0 Å². The fourth-order valence-electron chi connectivity index (χ4n) is 2.41. The van der Waals surface area contributed by atoms with Crippen molar-refractivity contribution in [2.24, 2.45) is 11.3 Å². The monoisotopic (exact) mass is 212 g/mol. The fraction of sp³-hybridized carbons (Fsp3) is 0.833. The molecule has 1 fully saturated rings. The van der Waals surface area contributed by atoms with Crippen LogP contribution < -0.4 is 0 Å². The highest BCUT2D eigenvalue weighted by atomic mass is 16.5. The van der Waals surface area contributed by atoms with Gasteiger partial charge in [-0.15, -0.1) is 0 Å². The van der Waals surface area contributed by atoms with Gasteiger partial charge in [0.05, 0.1) is 6.61 Å². The molecule has 0 radical (unpaired) electrons. The highest BCUT2D eigenvalue weighted by Crippen LogP contribution is 2.49. The van der Waals surface area contributed by atoms with Gasteiger partial charge in [-0.1, -0.05) is 19.8 Å². The van der Waals surface area contributed by atoms with Crippen molar-refractivity contribution < 1.29 is 14.3 Å². The molecule has 0 spiro atoms. The van der Waals surface area contributed by atoms with Gasteiger partial charge in [-0.2, -0.15) is 0 Å². The molecule has 15 heavy (non-hydrogen) atoms. The van der Waals surface area contributed by atoms with E-state index in [1.54, 1.807) is 6.92 Å². The lowest BCUT2D eigenvalue weighted by atomic mass is 9.59. The molecule has 1 rings (SSSR count). The zero-order valence-corrected chi connectivity index (χ0v) is 9.84. The van der Waals surface area contributed by atoms with Crippen LogP contribution in [0.25, 0.3) is 0 Å². The molecule has 0 aliphatic heterocycles. The van der Waals surface area contributed by atoms with E-state index in [0.29, 0.717) is 25.4 Å². The first-order chi connectivity index (χ1) is 7.06. The van der Waals surface area contributed by atoms with Crippen LogP contribution in [-0.2, 0) is 14.3 Å². The Kier molecular flexibility index (Phi) is 3.89. The molecule has 3 nitrogen and oxygen atoms in total. The third-order valence-corrected chi connectivity index (χ3v) is 3.31. The molecule has 1 aliphatic rings. The van der Waals surface area contributed by atoms with Crippen LogP contribution in [0.1, 0.15) is 46.5 Å². The zero-order chi connectivity index (χ0) is 11.5. The molecular weight excluding hydrogens is 192 g/mol. The van der Waals surface area contributed by atoms with E-state index in [-0.39, 0.29) is 11.8 Å². The van der Waals surface area contributed by atoms with Crippen molar-refractivity contribution in [1.82, 2.24) is 0 Å². The summed E-state index contributed by atoms with van der Waals surface area (Å²) in [7, 11) is 0. The number of ether oxygens (including phenoxy) is 1. The molecule has 86 valence electrons. The van der Waals surface area contributed by atoms with Gasteiger partial charge in [0.25, 0.3) is 0 Å². The van der Waals surface area contributed by atoms with E-state index < -0.39 is 5.41 Å². The number of esters is 1. The smallest absolute Gasteiger partial charge is 0.319 e. The van der Waals surface area contributed by atoms with Crippen LogP contribution in [0.4, 0.5) is 0 Å². The van der Waals surface area contributed by atoms with Crippen molar-refractivity contribution in [2.45, 2.75) is 46.5 Å². The van der Waals surface area contributed by atoms with Crippen molar-refractivity contribution in [3.05, 3.63) is 0 Å². The third kappa shape index (κ3) is 2.21. The van der Waals surface area contributed by atoms with Crippen LogP contribution in [0.15, 0.2) is 0 Å². The first-order valence-electron chi connectivity index (χ1n) is 5.75. The van der Waals surface area contributed by atoms with Crippen molar-refractivity contribution in [3.8, 4) is 0 Å². The Morgan fingerprint density at radius 1 is 1.33 bits per heavy atom. The van der Waals surface area contributed by atoms with Crippen LogP contribution in [0, 0.1) is 11.3 Å². The van der Waals surface area contributed by atoms with Gasteiger partial charge < -0.3 is 4.74 Å². The van der Waals surface area contributed by atoms with Crippen LogP contribution >= 0.6 is 0 Å². The predicted molar refractivity (Wildman–Crippen MR) is 57.4 cm³/mol. The average molecular weight is 212 g/mol. The minimum atomic E-state index is -0.796. The van der Waals surface area contributed by atoms with Gasteiger partial charge in [0.15, 0.2) is 0 Å². The largest absolute Gasteiger partial charge is 0.465 e. The fourth-order valence-corrected chi connectivity index (χ4v) is 2.41. The van der Waals surface area contributed by atoms with Gasteiger partial charge in [-0.05, 0) is 32.6 Å². The van der Waals surface area contributed by atoms with Crippen molar-refractivity contribution >= 4 is 11.8 Å². The number of rotatable bonds is 5. The molecule has 0 unspecified atom stereocenters. The van der Waals surface area contributed by atoms with E-state index in [1.807, 2.05) is 0 Å². The van der Waals surface area contributed by atoms with E-state index in [2.05, 4.69) is 6.92 Å². The Labute approximate surface area is 91.2 Å². The van der Waals surface area contributed by atoms with E-state index in [4.69, 9.17) is 4.74 Å². The van der Waals surface area contributed by atoms with E-state index in [9.17, 15) is 9.59 Å². The Balaban J connectivity index is 2.61. The van der Waals surface area contributed by atoms with Gasteiger partial charge in [0.1, 0.15) is 11.2 Å². The van der Waals surface area contributed by atoms with Gasteiger partial charge >= 0.3 is 5.97 Å². The number of Topliss-reactive ketones (excluding diaryl/α,β-unsaturated/α-hetero) is 1. The van der Waals surface area contributed by atoms with E-state index in [1.165, 1.54) is 6.92 Å². The maximum absolute atomic E-state index is 11.7. The van der Waals surface area contributed by atoms with E-state index >= 15 is 0 Å². The molecule has 0 aromatic heterocycles. The highest BCUT2D eigenvalue weighted by molar-refractivity contribution is 6.03. The topological polar surface area (TPSA) is 43.4 Å². The molecule has 0 bridgehead atoms. The number of hydrogen-bond donors (Lipinski definition) is 0. The van der Waals surface area contributed by atoms with Crippen LogP contribution in [0.5, 0.6) is 0 Å². The molecule has 0 saturated heterocycles. The minimum Gasteiger partial charge on any atom is -0.465 e. The zero-order valence-electron chi connectivity index (χ0n) is 9.84. The lowest BCUT2D eigenvalue weighted by Gasteiger charge is -2.43. The summed E-state index contributed by atoms with van der Waals surface area (Å²) in [6, 6.07) is 0. The summed E-state index contributed by atoms with van der Waals surface area (Å²) in [5, 5.41) is 0. The highest BCUT2D eigenvalue weighted by Gasteiger charge is 2.54. The van der Waals surface area contributed by atoms with Crippen LogP contribution in [-0.4, -0.2) is 18.4 Å². The Morgan fingerprint density at radius 3 is 2.33 bits per heavy atom. The first-order valence-corrected chi connectivity index (χ1v) is 5.75. The minimum absolute atomic E-state index is 0.0340. The number of hydrogen-bond acceptors (Lipinski definition) is 3. The van der Waals surface area contributed by atoms with E-state index in [0.717, 1.165) is 12.8 Å². The average Bonchev–Trinajstić information content (AvgIpc) is 2.10. The van der Waals surface area contributed by atoms with Crippen molar-refractivity contribution in [2.75, 3.05) is 6.61 Å². The Hall–Kier alpha value is -0.860. The van der Waals surface area contributed by atoms with Gasteiger partial charge in [0, 0.05) is 0 Å². The molecule has 0 atom stereocenters. The van der Waals surface area contributed by atoms with Gasteiger partial charge in [-0.25, -0.2) is 0 Å². The van der Waals surface area contributed by atoms with Gasteiger partial charge in [-0.3, -0.25) is 9.59 Å². The second kappa shape index (κ2) is 4.77. The number of carbonyl (C=O) groups excluding carboxylic acids is 2. The third-order valence-electron chi connectivity index (χ3n) is 3.31. The molecule has 0 heterocycles. The molecule has 0 amide bonds. The lowest BCUT2D eigenvalue weighted by molar-refractivity contribution is -0.169. The number of ketones is 1. The molecule has 0 N–H and O–H groups in total. The molecule has 0 aromatic carbocycles. The maximum atomic E-state index is 11.7. The lowest BCUT2D eigenvalue weighted by Crippen LogP contribution is -2.49. The number of carbonyl (C=O) groups is 2. The quantitative estimate of drug-likeness (QED) is 0.519. The summed E-state index contributed by atoms with van der Waals surface area (Å²) in [6.07, 6.45) is 3.60. The van der Waals surface area contributed by atoms with Crippen LogP contribution in [0.2, 0.25) is 0 Å². The molecule has 3 heteroatoms. The Morgan fingerprint density at radius 2 is 1.93 bits per heavy atom. The van der Waals surface area contributed by atoms with Crippen LogP contribution in [0.3, 0.4) is 0 Å². The Bertz CT molecular complexity index is 252. The molecule has 1 saturated carbocycles. The molecular formula is C12H20O3. The second-order valence-corrected chi connectivity index (χ2v) is 4.42. The summed E-state index contributed by atoms with van der Waals surface area (Å²) in [5.74, 6) is 0.182. The van der Waals surface area contributed by atoms with Gasteiger partial charge in [0.2, 0.25) is 0 Å². The summed E-state index contributed by atoms with van der Waals surface area (Å²) in [6.45, 7) is 5.75. The second-order valence-electron chi connectivity index (χ2n) is 4.42. The van der Waals surface area contributed by atoms with Crippen molar-refractivity contribution in [3.63, 3.8) is 0 Å². The summed E-state index contributed by atoms with van der Waals surface area (Å²) in [5.41, 5.74) is -0.796.